The van der Waals surface area contributed by atoms with Crippen molar-refractivity contribution in [2.75, 3.05) is 33.4 Å². The van der Waals surface area contributed by atoms with Gasteiger partial charge in [0.15, 0.2) is 0 Å². The first-order valence-electron chi connectivity index (χ1n) is 9.37. The Balaban J connectivity index is 1.41. The van der Waals surface area contributed by atoms with Gasteiger partial charge in [-0.2, -0.15) is 0 Å². The van der Waals surface area contributed by atoms with Crippen LogP contribution in [-0.4, -0.2) is 60.1 Å². The number of nitrogens with zero attached hydrogens (tertiary/aromatic N) is 3. The highest BCUT2D eigenvalue weighted by molar-refractivity contribution is 5.79. The summed E-state index contributed by atoms with van der Waals surface area (Å²) in [5.41, 5.74) is 2.09. The van der Waals surface area contributed by atoms with Crippen LogP contribution in [0.1, 0.15) is 11.3 Å². The van der Waals surface area contributed by atoms with Gasteiger partial charge in [0.1, 0.15) is 12.4 Å². The lowest BCUT2D eigenvalue weighted by Crippen LogP contribution is -2.42. The highest BCUT2D eigenvalue weighted by Crippen LogP contribution is 2.22. The van der Waals surface area contributed by atoms with Crippen molar-refractivity contribution in [3.05, 3.63) is 59.9 Å². The van der Waals surface area contributed by atoms with Gasteiger partial charge in [-0.25, -0.2) is 0 Å². The van der Waals surface area contributed by atoms with Crippen molar-refractivity contribution >= 4 is 5.91 Å². The maximum Gasteiger partial charge on any atom is 0.229 e. The number of carbonyl (C=O) groups is 1. The quantitative estimate of drug-likeness (QED) is 0.809. The molecule has 3 heterocycles. The number of pyridine rings is 1. The van der Waals surface area contributed by atoms with E-state index in [9.17, 15) is 4.79 Å². The molecule has 27 heavy (non-hydrogen) atoms. The lowest BCUT2D eigenvalue weighted by atomic mass is 10.1. The molecular weight excluding hydrogens is 342 g/mol. The van der Waals surface area contributed by atoms with E-state index in [1.54, 1.807) is 6.20 Å². The summed E-state index contributed by atoms with van der Waals surface area (Å²) < 4.78 is 11.6. The number of aromatic nitrogens is 1. The molecule has 2 aliphatic heterocycles. The maximum absolute atomic E-state index is 12.5. The van der Waals surface area contributed by atoms with E-state index in [-0.39, 0.29) is 17.9 Å². The standard InChI is InChI=1S/C21H25N3O3/c1-23-19-12-24(11-17(21(23)25)13-26-15-19)10-16-5-4-7-20(9-16)27-14-18-6-2-3-8-22-18/h2-9,17,19H,10-15H2,1H3/t17-,19+/m1/s1. The van der Waals surface area contributed by atoms with Gasteiger partial charge >= 0.3 is 0 Å². The van der Waals surface area contributed by atoms with Crippen LogP contribution in [0.3, 0.4) is 0 Å². The summed E-state index contributed by atoms with van der Waals surface area (Å²) >= 11 is 0. The van der Waals surface area contributed by atoms with E-state index in [2.05, 4.69) is 22.0 Å². The molecule has 0 spiro atoms. The molecule has 1 aromatic heterocycles. The topological polar surface area (TPSA) is 54.9 Å². The normalized spacial score (nSPS) is 23.1. The molecule has 2 aromatic rings. The highest BCUT2D eigenvalue weighted by Gasteiger charge is 2.37. The molecule has 2 aliphatic rings. The number of rotatable bonds is 5. The maximum atomic E-state index is 12.5. The minimum absolute atomic E-state index is 0.0777. The van der Waals surface area contributed by atoms with Crippen LogP contribution < -0.4 is 4.74 Å². The Bertz CT molecular complexity index is 783. The summed E-state index contributed by atoms with van der Waals surface area (Å²) in [5, 5.41) is 0. The van der Waals surface area contributed by atoms with E-state index < -0.39 is 0 Å². The van der Waals surface area contributed by atoms with Crippen molar-refractivity contribution in [3.63, 3.8) is 0 Å². The van der Waals surface area contributed by atoms with Gasteiger partial charge in [0.2, 0.25) is 5.91 Å². The summed E-state index contributed by atoms with van der Waals surface area (Å²) in [6, 6.07) is 14.1. The van der Waals surface area contributed by atoms with E-state index >= 15 is 0 Å². The zero-order valence-corrected chi connectivity index (χ0v) is 15.6. The molecule has 0 N–H and O–H groups in total. The molecule has 1 aromatic carbocycles. The molecule has 2 fully saturated rings. The van der Waals surface area contributed by atoms with Crippen LogP contribution in [0.25, 0.3) is 0 Å². The first kappa shape index (κ1) is 17.9. The second-order valence-corrected chi connectivity index (χ2v) is 7.29. The van der Waals surface area contributed by atoms with Crippen LogP contribution in [0, 0.1) is 5.92 Å². The molecule has 142 valence electrons. The third-order valence-corrected chi connectivity index (χ3v) is 5.24. The predicted molar refractivity (Wildman–Crippen MR) is 101 cm³/mol. The Kier molecular flexibility index (Phi) is 5.36. The van der Waals surface area contributed by atoms with Crippen LogP contribution >= 0.6 is 0 Å². The highest BCUT2D eigenvalue weighted by atomic mass is 16.5. The second kappa shape index (κ2) is 8.06. The Hall–Kier alpha value is -2.44. The smallest absolute Gasteiger partial charge is 0.229 e. The van der Waals surface area contributed by atoms with Crippen LogP contribution in [0.2, 0.25) is 0 Å². The monoisotopic (exact) mass is 367 g/mol. The Labute approximate surface area is 159 Å². The van der Waals surface area contributed by atoms with E-state index in [0.717, 1.165) is 31.1 Å². The van der Waals surface area contributed by atoms with Crippen molar-refractivity contribution < 1.29 is 14.3 Å². The third-order valence-electron chi connectivity index (χ3n) is 5.24. The minimum Gasteiger partial charge on any atom is -0.487 e. The molecule has 6 heteroatoms. The Morgan fingerprint density at radius 3 is 2.96 bits per heavy atom. The Morgan fingerprint density at radius 2 is 2.11 bits per heavy atom. The van der Waals surface area contributed by atoms with Gasteiger partial charge in [-0.1, -0.05) is 18.2 Å². The molecule has 0 aliphatic carbocycles. The molecule has 2 bridgehead atoms. The minimum atomic E-state index is -0.0777. The number of likely N-dealkylation sites (N-methyl/N-ethyl adjacent to an activating group) is 1. The molecule has 6 nitrogen and oxygen atoms in total. The summed E-state index contributed by atoms with van der Waals surface area (Å²) in [7, 11) is 1.89. The van der Waals surface area contributed by atoms with Gasteiger partial charge in [0, 0.05) is 32.9 Å². The fraction of sp³-hybridized carbons (Fsp3) is 0.429. The second-order valence-electron chi connectivity index (χ2n) is 7.29. The molecule has 4 rings (SSSR count). The van der Waals surface area contributed by atoms with Crippen molar-refractivity contribution in [2.24, 2.45) is 5.92 Å². The lowest BCUT2D eigenvalue weighted by molar-refractivity contribution is -0.133. The number of carbonyl (C=O) groups excluding carboxylic acids is 1. The number of hydrogen-bond donors (Lipinski definition) is 0. The average molecular weight is 367 g/mol. The number of hydrogen-bond acceptors (Lipinski definition) is 5. The molecular formula is C21H25N3O3. The SMILES string of the molecule is CN1C(=O)[C@H]2COC[C@@H]1CN(Cc1cccc(OCc3ccccn3)c1)C2. The van der Waals surface area contributed by atoms with Gasteiger partial charge in [-0.05, 0) is 29.8 Å². The van der Waals surface area contributed by atoms with E-state index in [4.69, 9.17) is 9.47 Å². The largest absolute Gasteiger partial charge is 0.487 e. The van der Waals surface area contributed by atoms with Crippen LogP contribution in [0.4, 0.5) is 0 Å². The Morgan fingerprint density at radius 1 is 1.19 bits per heavy atom. The molecule has 0 saturated carbocycles. The van der Waals surface area contributed by atoms with Crippen molar-refractivity contribution in [1.82, 2.24) is 14.8 Å². The van der Waals surface area contributed by atoms with Gasteiger partial charge in [-0.15, -0.1) is 0 Å². The van der Waals surface area contributed by atoms with Crippen molar-refractivity contribution in [2.45, 2.75) is 19.2 Å². The van der Waals surface area contributed by atoms with Crippen LogP contribution in [0.15, 0.2) is 48.7 Å². The van der Waals surface area contributed by atoms with Gasteiger partial charge in [-0.3, -0.25) is 14.7 Å². The van der Waals surface area contributed by atoms with Crippen LogP contribution in [-0.2, 0) is 22.7 Å². The summed E-state index contributed by atoms with van der Waals surface area (Å²) in [6.45, 7) is 3.95. The van der Waals surface area contributed by atoms with Gasteiger partial charge < -0.3 is 14.4 Å². The predicted octanol–water partition coefficient (Wildman–Crippen LogP) is 1.95. The van der Waals surface area contributed by atoms with E-state index in [0.29, 0.717) is 19.8 Å². The first-order chi connectivity index (χ1) is 13.2. The molecule has 1 amide bonds. The van der Waals surface area contributed by atoms with Gasteiger partial charge in [0.25, 0.3) is 0 Å². The van der Waals surface area contributed by atoms with Crippen molar-refractivity contribution in [3.8, 4) is 5.75 Å². The van der Waals surface area contributed by atoms with Crippen molar-refractivity contribution in [1.29, 1.82) is 0 Å². The molecule has 2 saturated heterocycles. The number of amides is 1. The fourth-order valence-corrected chi connectivity index (χ4v) is 3.75. The summed E-state index contributed by atoms with van der Waals surface area (Å²) in [5.74, 6) is 0.961. The zero-order valence-electron chi connectivity index (χ0n) is 15.6. The summed E-state index contributed by atoms with van der Waals surface area (Å²) in [4.78, 5) is 21.0. The first-order valence-corrected chi connectivity index (χ1v) is 9.37. The number of ether oxygens (including phenoxy) is 2. The number of benzene rings is 1. The number of fused-ring (bicyclic) bond motifs is 3. The molecule has 2 atom stereocenters. The fourth-order valence-electron chi connectivity index (χ4n) is 3.75. The lowest BCUT2D eigenvalue weighted by Gasteiger charge is -2.29. The average Bonchev–Trinajstić information content (AvgIpc) is 2.87. The molecule has 0 unspecified atom stereocenters. The third kappa shape index (κ3) is 4.28. The van der Waals surface area contributed by atoms with E-state index in [1.807, 2.05) is 42.3 Å². The van der Waals surface area contributed by atoms with Crippen LogP contribution in [0.5, 0.6) is 5.75 Å². The van der Waals surface area contributed by atoms with Gasteiger partial charge in [0.05, 0.1) is 30.9 Å². The zero-order chi connectivity index (χ0) is 18.6. The summed E-state index contributed by atoms with van der Waals surface area (Å²) in [6.07, 6.45) is 1.77. The molecule has 0 radical (unpaired) electrons. The van der Waals surface area contributed by atoms with E-state index in [1.165, 1.54) is 5.56 Å².